The quantitative estimate of drug-likeness (QED) is 0.659. The zero-order chi connectivity index (χ0) is 22.0. The first kappa shape index (κ1) is 20.8. The van der Waals surface area contributed by atoms with Crippen LogP contribution in [0.4, 0.5) is 5.95 Å². The van der Waals surface area contributed by atoms with Crippen molar-refractivity contribution in [3.63, 3.8) is 0 Å². The summed E-state index contributed by atoms with van der Waals surface area (Å²) >= 11 is 0. The molecule has 3 heterocycles. The first-order valence-electron chi connectivity index (χ1n) is 10.4. The Morgan fingerprint density at radius 1 is 1.32 bits per heavy atom. The highest BCUT2D eigenvalue weighted by Gasteiger charge is 2.33. The van der Waals surface area contributed by atoms with Gasteiger partial charge in [-0.25, -0.2) is 9.97 Å². The third kappa shape index (κ3) is 4.23. The van der Waals surface area contributed by atoms with E-state index in [-0.39, 0.29) is 11.9 Å². The van der Waals surface area contributed by atoms with E-state index < -0.39 is 0 Å². The minimum absolute atomic E-state index is 0.0397. The number of ether oxygens (including phenoxy) is 1. The van der Waals surface area contributed by atoms with Crippen molar-refractivity contribution in [2.24, 2.45) is 0 Å². The summed E-state index contributed by atoms with van der Waals surface area (Å²) in [6, 6.07) is 7.74. The number of carbonyl (C=O) groups excluding carboxylic acids is 1. The molecule has 1 unspecified atom stereocenters. The first-order chi connectivity index (χ1) is 15.0. The molecule has 1 saturated heterocycles. The molecule has 1 aliphatic rings. The van der Waals surface area contributed by atoms with E-state index in [2.05, 4.69) is 20.2 Å². The number of anilines is 1. The number of carbonyl (C=O) groups is 1. The second-order valence-corrected chi connectivity index (χ2v) is 8.06. The maximum absolute atomic E-state index is 13.2. The van der Waals surface area contributed by atoms with E-state index >= 15 is 0 Å². The third-order valence-corrected chi connectivity index (χ3v) is 5.71. The van der Waals surface area contributed by atoms with Crippen molar-refractivity contribution in [1.82, 2.24) is 25.1 Å². The van der Waals surface area contributed by atoms with Crippen LogP contribution in [0, 0.1) is 6.92 Å². The largest absolute Gasteiger partial charge is 0.496 e. The van der Waals surface area contributed by atoms with Gasteiger partial charge < -0.3 is 14.5 Å². The molecule has 8 nitrogen and oxygen atoms in total. The Hall–Kier alpha value is -3.42. The van der Waals surface area contributed by atoms with Crippen LogP contribution in [-0.4, -0.2) is 58.7 Å². The predicted molar refractivity (Wildman–Crippen MR) is 119 cm³/mol. The molecule has 8 heteroatoms. The number of H-pyrrole nitrogens is 1. The fourth-order valence-corrected chi connectivity index (χ4v) is 4.16. The molecule has 31 heavy (non-hydrogen) atoms. The third-order valence-electron chi connectivity index (χ3n) is 5.71. The minimum atomic E-state index is -0.0397. The van der Waals surface area contributed by atoms with Gasteiger partial charge in [0.15, 0.2) is 0 Å². The molecule has 1 fully saturated rings. The lowest BCUT2D eigenvalue weighted by Gasteiger charge is -2.25. The van der Waals surface area contributed by atoms with Crippen LogP contribution in [0.25, 0.3) is 11.3 Å². The number of benzene rings is 1. The van der Waals surface area contributed by atoms with Crippen molar-refractivity contribution in [3.8, 4) is 17.0 Å². The van der Waals surface area contributed by atoms with E-state index in [1.165, 1.54) is 0 Å². The summed E-state index contributed by atoms with van der Waals surface area (Å²) < 4.78 is 5.33. The Kier molecular flexibility index (Phi) is 5.88. The molecule has 0 bridgehead atoms. The number of aryl methyl sites for hydroxylation is 1. The fraction of sp³-hybridized carbons (Fsp3) is 0.391. The average Bonchev–Trinajstić information content (AvgIpc) is 3.43. The Morgan fingerprint density at radius 3 is 2.90 bits per heavy atom. The van der Waals surface area contributed by atoms with Crippen LogP contribution in [0.3, 0.4) is 0 Å². The molecule has 1 atom stereocenters. The molecule has 1 aliphatic heterocycles. The van der Waals surface area contributed by atoms with E-state index in [4.69, 9.17) is 4.74 Å². The van der Waals surface area contributed by atoms with E-state index in [9.17, 15) is 4.79 Å². The number of hydrogen-bond acceptors (Lipinski definition) is 6. The number of nitrogens with one attached hydrogen (secondary N) is 1. The number of likely N-dealkylation sites (tertiary alicyclic amines) is 1. The molecule has 0 spiro atoms. The van der Waals surface area contributed by atoms with Crippen LogP contribution in [-0.2, 0) is 11.2 Å². The molecule has 162 valence electrons. The standard InChI is InChI=1S/C23H28N6O2/c1-15-12-16(7-8-20(15)31-4)13-21(30)29-11-5-6-19(29)22-17(14-25-27-22)18-9-10-24-23(26-18)28(2)3/h7-10,12,14,19H,5-6,11,13H2,1-4H3,(H,25,27). The van der Waals surface area contributed by atoms with Gasteiger partial charge in [0.25, 0.3) is 0 Å². The predicted octanol–water partition coefficient (Wildman–Crippen LogP) is 3.16. The highest BCUT2D eigenvalue weighted by molar-refractivity contribution is 5.80. The normalized spacial score (nSPS) is 15.9. The minimum Gasteiger partial charge on any atom is -0.496 e. The van der Waals surface area contributed by atoms with Gasteiger partial charge in [-0.1, -0.05) is 12.1 Å². The van der Waals surface area contributed by atoms with Crippen LogP contribution >= 0.6 is 0 Å². The number of amides is 1. The maximum atomic E-state index is 13.2. The van der Waals surface area contributed by atoms with E-state index in [0.29, 0.717) is 12.4 Å². The number of aromatic nitrogens is 4. The van der Waals surface area contributed by atoms with Crippen molar-refractivity contribution in [2.45, 2.75) is 32.2 Å². The Labute approximate surface area is 182 Å². The van der Waals surface area contributed by atoms with Gasteiger partial charge >= 0.3 is 0 Å². The van der Waals surface area contributed by atoms with Gasteiger partial charge in [0.05, 0.1) is 37.2 Å². The molecule has 1 aromatic carbocycles. The molecule has 1 amide bonds. The van der Waals surface area contributed by atoms with Gasteiger partial charge in [0.2, 0.25) is 11.9 Å². The lowest BCUT2D eigenvalue weighted by atomic mass is 10.0. The number of hydrogen-bond donors (Lipinski definition) is 1. The van der Waals surface area contributed by atoms with Crippen LogP contribution in [0.2, 0.25) is 0 Å². The molecular formula is C23H28N6O2. The zero-order valence-corrected chi connectivity index (χ0v) is 18.4. The highest BCUT2D eigenvalue weighted by Crippen LogP contribution is 2.36. The van der Waals surface area contributed by atoms with Gasteiger partial charge in [0, 0.05) is 32.4 Å². The summed E-state index contributed by atoms with van der Waals surface area (Å²) in [6.07, 6.45) is 5.75. The summed E-state index contributed by atoms with van der Waals surface area (Å²) in [4.78, 5) is 26.0. The molecule has 2 aromatic heterocycles. The smallest absolute Gasteiger partial charge is 0.227 e. The molecule has 4 rings (SSSR count). The number of rotatable bonds is 6. The molecular weight excluding hydrogens is 392 g/mol. The second kappa shape index (κ2) is 8.75. The lowest BCUT2D eigenvalue weighted by Crippen LogP contribution is -2.32. The van der Waals surface area contributed by atoms with Crippen molar-refractivity contribution in [3.05, 3.63) is 53.5 Å². The van der Waals surface area contributed by atoms with Gasteiger partial charge in [-0.15, -0.1) is 0 Å². The van der Waals surface area contributed by atoms with Crippen molar-refractivity contribution in [2.75, 3.05) is 32.6 Å². The Morgan fingerprint density at radius 2 is 2.16 bits per heavy atom. The number of nitrogens with zero attached hydrogens (tertiary/aromatic N) is 5. The van der Waals surface area contributed by atoms with Gasteiger partial charge in [-0.05, 0) is 43.0 Å². The summed E-state index contributed by atoms with van der Waals surface area (Å²) in [5, 5.41) is 7.41. The van der Waals surface area contributed by atoms with Crippen LogP contribution in [0.15, 0.2) is 36.7 Å². The Bertz CT molecular complexity index is 1080. The highest BCUT2D eigenvalue weighted by atomic mass is 16.5. The van der Waals surface area contributed by atoms with Crippen molar-refractivity contribution < 1.29 is 9.53 Å². The summed E-state index contributed by atoms with van der Waals surface area (Å²) in [5.41, 5.74) is 4.66. The molecule has 0 saturated carbocycles. The summed E-state index contributed by atoms with van der Waals surface area (Å²) in [6.45, 7) is 2.73. The fourth-order valence-electron chi connectivity index (χ4n) is 4.16. The summed E-state index contributed by atoms with van der Waals surface area (Å²) in [7, 11) is 5.48. The molecule has 0 radical (unpaired) electrons. The zero-order valence-electron chi connectivity index (χ0n) is 18.4. The van der Waals surface area contributed by atoms with Gasteiger partial charge in [-0.2, -0.15) is 5.10 Å². The molecule has 1 N–H and O–H groups in total. The molecule has 0 aliphatic carbocycles. The van der Waals surface area contributed by atoms with E-state index in [0.717, 1.165) is 53.2 Å². The maximum Gasteiger partial charge on any atom is 0.227 e. The lowest BCUT2D eigenvalue weighted by molar-refractivity contribution is -0.131. The number of methoxy groups -OCH3 is 1. The van der Waals surface area contributed by atoms with Crippen LogP contribution < -0.4 is 9.64 Å². The average molecular weight is 421 g/mol. The first-order valence-corrected chi connectivity index (χ1v) is 10.4. The van der Waals surface area contributed by atoms with Crippen LogP contribution in [0.5, 0.6) is 5.75 Å². The van der Waals surface area contributed by atoms with Crippen molar-refractivity contribution >= 4 is 11.9 Å². The Balaban J connectivity index is 1.57. The molecule has 3 aromatic rings. The van der Waals surface area contributed by atoms with Crippen LogP contribution in [0.1, 0.15) is 35.7 Å². The monoisotopic (exact) mass is 420 g/mol. The van der Waals surface area contributed by atoms with E-state index in [1.807, 2.05) is 55.1 Å². The topological polar surface area (TPSA) is 87.2 Å². The summed E-state index contributed by atoms with van der Waals surface area (Å²) in [5.74, 6) is 1.59. The number of aromatic amines is 1. The second-order valence-electron chi connectivity index (χ2n) is 8.06. The van der Waals surface area contributed by atoms with E-state index in [1.54, 1.807) is 19.5 Å². The van der Waals surface area contributed by atoms with Gasteiger partial charge in [-0.3, -0.25) is 9.89 Å². The van der Waals surface area contributed by atoms with Gasteiger partial charge in [0.1, 0.15) is 5.75 Å². The van der Waals surface area contributed by atoms with Crippen molar-refractivity contribution in [1.29, 1.82) is 0 Å². The SMILES string of the molecule is COc1ccc(CC(=O)N2CCCC2c2[nH]ncc2-c2ccnc(N(C)C)n2)cc1C.